The maximum Gasteiger partial charge on any atom is 0.293 e. The Morgan fingerprint density at radius 1 is 1.56 bits per heavy atom. The molecular formula is C11H13ClN2O2. The second kappa shape index (κ2) is 5.51. The largest absolute Gasteiger partial charge is 0.375 e. The second-order valence-corrected chi connectivity index (χ2v) is 3.96. The third-order valence-electron chi connectivity index (χ3n) is 1.98. The third-order valence-corrected chi connectivity index (χ3v) is 2.29. The van der Waals surface area contributed by atoms with Crippen molar-refractivity contribution < 1.29 is 4.92 Å². The number of hydrogen-bond acceptors (Lipinski definition) is 3. The lowest BCUT2D eigenvalue weighted by Gasteiger charge is -2.06. The standard InChI is InChI=1S/C11H13ClN2O2/c1-8(2)6-7-13-11-9(12)4-3-5-10(11)14(15)16/h3-6,13H,7H2,1-2H3. The lowest BCUT2D eigenvalue weighted by molar-refractivity contribution is -0.383. The van der Waals surface area contributed by atoms with Crippen LogP contribution in [0.15, 0.2) is 29.8 Å². The molecule has 0 fully saturated rings. The summed E-state index contributed by atoms with van der Waals surface area (Å²) in [4.78, 5) is 10.3. The summed E-state index contributed by atoms with van der Waals surface area (Å²) < 4.78 is 0. The number of anilines is 1. The van der Waals surface area contributed by atoms with Crippen LogP contribution in [0.4, 0.5) is 11.4 Å². The Morgan fingerprint density at radius 2 is 2.25 bits per heavy atom. The molecule has 0 bridgehead atoms. The van der Waals surface area contributed by atoms with Gasteiger partial charge in [-0.25, -0.2) is 0 Å². The van der Waals surface area contributed by atoms with Gasteiger partial charge < -0.3 is 5.32 Å². The normalized spacial score (nSPS) is 9.69. The molecule has 0 unspecified atom stereocenters. The van der Waals surface area contributed by atoms with Crippen molar-refractivity contribution in [1.29, 1.82) is 0 Å². The van der Waals surface area contributed by atoms with Gasteiger partial charge in [-0.3, -0.25) is 10.1 Å². The van der Waals surface area contributed by atoms with E-state index in [1.54, 1.807) is 12.1 Å². The van der Waals surface area contributed by atoms with Crippen LogP contribution in [-0.2, 0) is 0 Å². The van der Waals surface area contributed by atoms with E-state index in [0.29, 0.717) is 17.3 Å². The van der Waals surface area contributed by atoms with Gasteiger partial charge in [-0.05, 0) is 19.9 Å². The molecule has 1 aromatic carbocycles. The van der Waals surface area contributed by atoms with Crippen molar-refractivity contribution >= 4 is 23.0 Å². The first-order valence-electron chi connectivity index (χ1n) is 4.82. The summed E-state index contributed by atoms with van der Waals surface area (Å²) >= 11 is 5.90. The molecule has 0 radical (unpaired) electrons. The van der Waals surface area contributed by atoms with E-state index >= 15 is 0 Å². The Hall–Kier alpha value is -1.55. The quantitative estimate of drug-likeness (QED) is 0.497. The molecule has 0 spiro atoms. The van der Waals surface area contributed by atoms with Crippen LogP contribution in [0.5, 0.6) is 0 Å². The Balaban J connectivity index is 2.93. The van der Waals surface area contributed by atoms with E-state index in [0.717, 1.165) is 5.57 Å². The van der Waals surface area contributed by atoms with Crippen LogP contribution in [0.3, 0.4) is 0 Å². The van der Waals surface area contributed by atoms with Crippen LogP contribution in [0.1, 0.15) is 13.8 Å². The number of rotatable bonds is 4. The van der Waals surface area contributed by atoms with Crippen molar-refractivity contribution in [2.75, 3.05) is 11.9 Å². The Labute approximate surface area is 99.1 Å². The molecule has 5 heteroatoms. The third kappa shape index (κ3) is 3.24. The number of nitrogens with zero attached hydrogens (tertiary/aromatic N) is 1. The highest BCUT2D eigenvalue weighted by molar-refractivity contribution is 6.33. The topological polar surface area (TPSA) is 55.2 Å². The van der Waals surface area contributed by atoms with Gasteiger partial charge in [0.2, 0.25) is 0 Å². The van der Waals surface area contributed by atoms with E-state index in [4.69, 9.17) is 11.6 Å². The molecule has 0 aliphatic rings. The summed E-state index contributed by atoms with van der Waals surface area (Å²) in [6.07, 6.45) is 1.94. The van der Waals surface area contributed by atoms with Crippen molar-refractivity contribution in [2.45, 2.75) is 13.8 Å². The van der Waals surface area contributed by atoms with E-state index in [-0.39, 0.29) is 5.69 Å². The highest BCUT2D eigenvalue weighted by atomic mass is 35.5. The summed E-state index contributed by atoms with van der Waals surface area (Å²) in [5, 5.41) is 14.1. The van der Waals surface area contributed by atoms with Crippen LogP contribution in [0, 0.1) is 10.1 Å². The number of halogens is 1. The zero-order chi connectivity index (χ0) is 12.1. The molecule has 0 saturated heterocycles. The van der Waals surface area contributed by atoms with Gasteiger partial charge in [0.1, 0.15) is 5.69 Å². The average molecular weight is 241 g/mol. The summed E-state index contributed by atoms with van der Waals surface area (Å²) in [6.45, 7) is 4.44. The Bertz CT molecular complexity index is 426. The molecule has 0 aromatic heterocycles. The maximum absolute atomic E-state index is 10.8. The fourth-order valence-electron chi connectivity index (χ4n) is 1.20. The van der Waals surface area contributed by atoms with Gasteiger partial charge in [-0.1, -0.05) is 29.3 Å². The van der Waals surface area contributed by atoms with Gasteiger partial charge in [0.05, 0.1) is 9.95 Å². The SMILES string of the molecule is CC(C)=CCNc1c(Cl)cccc1[N+](=O)[O-]. The molecule has 0 heterocycles. The van der Waals surface area contributed by atoms with Gasteiger partial charge in [-0.15, -0.1) is 0 Å². The summed E-state index contributed by atoms with van der Waals surface area (Å²) in [7, 11) is 0. The van der Waals surface area contributed by atoms with Gasteiger partial charge >= 0.3 is 0 Å². The smallest absolute Gasteiger partial charge is 0.293 e. The molecule has 86 valence electrons. The predicted molar refractivity (Wildman–Crippen MR) is 66.0 cm³/mol. The van der Waals surface area contributed by atoms with Crippen LogP contribution in [-0.4, -0.2) is 11.5 Å². The van der Waals surface area contributed by atoms with E-state index in [1.165, 1.54) is 6.07 Å². The summed E-state index contributed by atoms with van der Waals surface area (Å²) in [6, 6.07) is 4.61. The molecule has 0 aliphatic heterocycles. The molecule has 1 rings (SSSR count). The highest BCUT2D eigenvalue weighted by Gasteiger charge is 2.15. The number of nitro groups is 1. The Morgan fingerprint density at radius 3 is 2.81 bits per heavy atom. The number of nitrogens with one attached hydrogen (secondary N) is 1. The average Bonchev–Trinajstić information content (AvgIpc) is 2.19. The monoisotopic (exact) mass is 240 g/mol. The van der Waals surface area contributed by atoms with Crippen molar-refractivity contribution in [1.82, 2.24) is 0 Å². The summed E-state index contributed by atoms with van der Waals surface area (Å²) in [5.41, 5.74) is 1.50. The molecular weight excluding hydrogens is 228 g/mol. The van der Waals surface area contributed by atoms with E-state index < -0.39 is 4.92 Å². The molecule has 0 saturated carbocycles. The second-order valence-electron chi connectivity index (χ2n) is 3.55. The van der Waals surface area contributed by atoms with E-state index in [2.05, 4.69) is 5.32 Å². The number of benzene rings is 1. The first kappa shape index (κ1) is 12.5. The van der Waals surface area contributed by atoms with Gasteiger partial charge in [0, 0.05) is 12.6 Å². The fraction of sp³-hybridized carbons (Fsp3) is 0.273. The van der Waals surface area contributed by atoms with E-state index in [9.17, 15) is 10.1 Å². The summed E-state index contributed by atoms with van der Waals surface area (Å²) in [5.74, 6) is 0. The van der Waals surface area contributed by atoms with Gasteiger partial charge in [0.15, 0.2) is 0 Å². The minimum Gasteiger partial charge on any atom is -0.375 e. The first-order chi connectivity index (χ1) is 7.52. The van der Waals surface area contributed by atoms with Crippen LogP contribution in [0.2, 0.25) is 5.02 Å². The van der Waals surface area contributed by atoms with Crippen LogP contribution in [0.25, 0.3) is 0 Å². The van der Waals surface area contributed by atoms with Crippen molar-refractivity contribution in [2.24, 2.45) is 0 Å². The minimum atomic E-state index is -0.448. The molecule has 0 atom stereocenters. The molecule has 16 heavy (non-hydrogen) atoms. The number of para-hydroxylation sites is 1. The molecule has 1 aromatic rings. The van der Waals surface area contributed by atoms with Crippen molar-refractivity contribution in [3.8, 4) is 0 Å². The van der Waals surface area contributed by atoms with Crippen LogP contribution >= 0.6 is 11.6 Å². The minimum absolute atomic E-state index is 0.00495. The van der Waals surface area contributed by atoms with Crippen molar-refractivity contribution in [3.63, 3.8) is 0 Å². The fourth-order valence-corrected chi connectivity index (χ4v) is 1.43. The maximum atomic E-state index is 10.8. The first-order valence-corrected chi connectivity index (χ1v) is 5.20. The molecule has 1 N–H and O–H groups in total. The molecule has 0 aliphatic carbocycles. The lowest BCUT2D eigenvalue weighted by Crippen LogP contribution is -2.03. The van der Waals surface area contributed by atoms with Crippen molar-refractivity contribution in [3.05, 3.63) is 45.0 Å². The Kier molecular flexibility index (Phi) is 4.31. The van der Waals surface area contributed by atoms with Gasteiger partial charge in [0.25, 0.3) is 5.69 Å². The predicted octanol–water partition coefficient (Wildman–Crippen LogP) is 3.63. The highest BCUT2D eigenvalue weighted by Crippen LogP contribution is 2.31. The zero-order valence-electron chi connectivity index (χ0n) is 9.16. The lowest BCUT2D eigenvalue weighted by atomic mass is 10.2. The molecule has 0 amide bonds. The number of nitro benzene ring substituents is 1. The zero-order valence-corrected chi connectivity index (χ0v) is 9.91. The van der Waals surface area contributed by atoms with Gasteiger partial charge in [-0.2, -0.15) is 0 Å². The molecule has 4 nitrogen and oxygen atoms in total. The van der Waals surface area contributed by atoms with Crippen LogP contribution < -0.4 is 5.32 Å². The number of hydrogen-bond donors (Lipinski definition) is 1. The number of allylic oxidation sites excluding steroid dienone is 1. The van der Waals surface area contributed by atoms with E-state index in [1.807, 2.05) is 19.9 Å².